The number of carbonyl (C=O) groups is 2. The van der Waals surface area contributed by atoms with E-state index in [2.05, 4.69) is 17.2 Å². The van der Waals surface area contributed by atoms with Crippen LogP contribution in [0.5, 0.6) is 0 Å². The van der Waals surface area contributed by atoms with E-state index in [0.29, 0.717) is 48.0 Å². The van der Waals surface area contributed by atoms with Crippen LogP contribution in [0.15, 0.2) is 52.9 Å². The molecule has 3 aromatic rings. The van der Waals surface area contributed by atoms with Gasteiger partial charge in [-0.25, -0.2) is 4.98 Å². The number of rotatable bonds is 7. The summed E-state index contributed by atoms with van der Waals surface area (Å²) in [6.45, 7) is 4.22. The zero-order chi connectivity index (χ0) is 21.6. The Morgan fingerprint density at radius 1 is 1.13 bits per heavy atom. The summed E-state index contributed by atoms with van der Waals surface area (Å²) >= 11 is 0. The van der Waals surface area contributed by atoms with E-state index >= 15 is 0 Å². The molecule has 6 heteroatoms. The summed E-state index contributed by atoms with van der Waals surface area (Å²) in [7, 11) is 0. The highest BCUT2D eigenvalue weighted by Crippen LogP contribution is 2.26. The first-order valence-electron chi connectivity index (χ1n) is 11.2. The van der Waals surface area contributed by atoms with Crippen molar-refractivity contribution in [1.29, 1.82) is 0 Å². The summed E-state index contributed by atoms with van der Waals surface area (Å²) < 4.78 is 5.85. The average molecular weight is 420 g/mol. The predicted molar refractivity (Wildman–Crippen MR) is 121 cm³/mol. The molecule has 1 fully saturated rings. The summed E-state index contributed by atoms with van der Waals surface area (Å²) in [6.07, 6.45) is 4.36. The zero-order valence-electron chi connectivity index (χ0n) is 18.0. The minimum absolute atomic E-state index is 0.0111. The van der Waals surface area contributed by atoms with Gasteiger partial charge in [0.1, 0.15) is 5.52 Å². The molecule has 0 unspecified atom stereocenters. The van der Waals surface area contributed by atoms with Gasteiger partial charge in [-0.2, -0.15) is 0 Å². The summed E-state index contributed by atoms with van der Waals surface area (Å²) in [5.74, 6) is 1.04. The van der Waals surface area contributed by atoms with Crippen molar-refractivity contribution in [2.75, 3.05) is 19.6 Å². The Hall–Kier alpha value is -3.15. The Balaban J connectivity index is 1.36. The first kappa shape index (κ1) is 21.1. The molecule has 31 heavy (non-hydrogen) atoms. The van der Waals surface area contributed by atoms with Crippen LogP contribution in [0.1, 0.15) is 49.4 Å². The van der Waals surface area contributed by atoms with Crippen molar-refractivity contribution < 1.29 is 14.0 Å². The molecule has 0 radical (unpaired) electrons. The van der Waals surface area contributed by atoms with Crippen molar-refractivity contribution in [2.24, 2.45) is 5.92 Å². The fraction of sp³-hybridized carbons (Fsp3) is 0.400. The Labute approximate surface area is 182 Å². The van der Waals surface area contributed by atoms with Gasteiger partial charge in [-0.05, 0) is 55.5 Å². The van der Waals surface area contributed by atoms with Crippen LogP contribution in [0.2, 0.25) is 0 Å². The second-order valence-electron chi connectivity index (χ2n) is 8.21. The maximum absolute atomic E-state index is 13.0. The van der Waals surface area contributed by atoms with Gasteiger partial charge in [-0.15, -0.1) is 0 Å². The summed E-state index contributed by atoms with van der Waals surface area (Å²) in [6, 6.07) is 15.2. The molecule has 0 bridgehead atoms. The van der Waals surface area contributed by atoms with Crippen molar-refractivity contribution in [3.8, 4) is 11.5 Å². The number of carbonyl (C=O) groups excluding carboxylic acids is 2. The molecule has 1 aliphatic rings. The Morgan fingerprint density at radius 2 is 1.90 bits per heavy atom. The van der Waals surface area contributed by atoms with Gasteiger partial charge in [-0.3, -0.25) is 9.59 Å². The van der Waals surface area contributed by atoms with Gasteiger partial charge < -0.3 is 14.6 Å². The van der Waals surface area contributed by atoms with E-state index in [-0.39, 0.29) is 11.8 Å². The average Bonchev–Trinajstić information content (AvgIpc) is 3.23. The number of unbranched alkanes of at least 4 members (excludes halogenated alkanes) is 1. The molecule has 162 valence electrons. The highest BCUT2D eigenvalue weighted by molar-refractivity contribution is 5.97. The Morgan fingerprint density at radius 3 is 2.65 bits per heavy atom. The molecular formula is C25H29N3O3. The van der Waals surface area contributed by atoms with Crippen LogP contribution in [0.25, 0.3) is 22.6 Å². The van der Waals surface area contributed by atoms with Gasteiger partial charge in [0, 0.05) is 37.2 Å². The molecular weight excluding hydrogens is 390 g/mol. The van der Waals surface area contributed by atoms with Crippen molar-refractivity contribution in [2.45, 2.75) is 39.0 Å². The molecule has 2 aromatic carbocycles. The summed E-state index contributed by atoms with van der Waals surface area (Å²) in [5.41, 5.74) is 2.88. The van der Waals surface area contributed by atoms with Crippen molar-refractivity contribution >= 4 is 22.9 Å². The monoisotopic (exact) mass is 419 g/mol. The standard InChI is InChI=1S/C25H29N3O3/c1-2-3-13-26-23(29)16-18-11-14-28(15-12-18)25(30)20-9-10-22-21(17-20)27-24(31-22)19-7-5-4-6-8-19/h4-10,17-18H,2-3,11-16H2,1H3,(H,26,29). The molecule has 0 aliphatic carbocycles. The lowest BCUT2D eigenvalue weighted by molar-refractivity contribution is -0.122. The predicted octanol–water partition coefficient (Wildman–Crippen LogP) is 4.65. The smallest absolute Gasteiger partial charge is 0.253 e. The van der Waals surface area contributed by atoms with Gasteiger partial charge in [0.15, 0.2) is 5.58 Å². The number of likely N-dealkylation sites (tertiary alicyclic amines) is 1. The second kappa shape index (κ2) is 9.77. The lowest BCUT2D eigenvalue weighted by Gasteiger charge is -2.31. The fourth-order valence-corrected chi connectivity index (χ4v) is 4.03. The van der Waals surface area contributed by atoms with Crippen molar-refractivity contribution in [3.05, 3.63) is 54.1 Å². The third kappa shape index (κ3) is 5.13. The number of benzene rings is 2. The number of oxazole rings is 1. The van der Waals surface area contributed by atoms with Gasteiger partial charge >= 0.3 is 0 Å². The normalized spacial score (nSPS) is 14.7. The topological polar surface area (TPSA) is 75.4 Å². The first-order chi connectivity index (χ1) is 15.1. The Bertz CT molecular complexity index is 1040. The molecule has 2 heterocycles. The number of hydrogen-bond donors (Lipinski definition) is 1. The van der Waals surface area contributed by atoms with Crippen LogP contribution in [0.4, 0.5) is 0 Å². The lowest BCUT2D eigenvalue weighted by atomic mass is 9.93. The van der Waals surface area contributed by atoms with E-state index < -0.39 is 0 Å². The molecule has 6 nitrogen and oxygen atoms in total. The molecule has 2 amide bonds. The molecule has 1 aliphatic heterocycles. The van der Waals surface area contributed by atoms with Crippen molar-refractivity contribution in [1.82, 2.24) is 15.2 Å². The van der Waals surface area contributed by atoms with E-state index in [0.717, 1.165) is 37.8 Å². The highest BCUT2D eigenvalue weighted by Gasteiger charge is 2.25. The molecule has 1 saturated heterocycles. The number of nitrogens with one attached hydrogen (secondary N) is 1. The van der Waals surface area contributed by atoms with Crippen LogP contribution in [0, 0.1) is 5.92 Å². The Kier molecular flexibility index (Phi) is 6.65. The number of amides is 2. The van der Waals surface area contributed by atoms with E-state index in [1.54, 1.807) is 12.1 Å². The van der Waals surface area contributed by atoms with E-state index in [1.165, 1.54) is 0 Å². The van der Waals surface area contributed by atoms with Crippen LogP contribution < -0.4 is 5.32 Å². The number of nitrogens with zero attached hydrogens (tertiary/aromatic N) is 2. The summed E-state index contributed by atoms with van der Waals surface area (Å²) in [4.78, 5) is 31.5. The fourth-order valence-electron chi connectivity index (χ4n) is 4.03. The molecule has 1 N–H and O–H groups in total. The SMILES string of the molecule is CCCCNC(=O)CC1CCN(C(=O)c2ccc3oc(-c4ccccc4)nc3c2)CC1. The number of hydrogen-bond acceptors (Lipinski definition) is 4. The van der Waals surface area contributed by atoms with Crippen LogP contribution in [-0.2, 0) is 4.79 Å². The number of aromatic nitrogens is 1. The van der Waals surface area contributed by atoms with E-state index in [9.17, 15) is 9.59 Å². The molecule has 0 spiro atoms. The number of piperidine rings is 1. The maximum atomic E-state index is 13.0. The van der Waals surface area contributed by atoms with E-state index in [4.69, 9.17) is 4.42 Å². The van der Waals surface area contributed by atoms with Crippen LogP contribution >= 0.6 is 0 Å². The van der Waals surface area contributed by atoms with E-state index in [1.807, 2.05) is 41.3 Å². The zero-order valence-corrected chi connectivity index (χ0v) is 18.0. The second-order valence-corrected chi connectivity index (χ2v) is 8.21. The molecule has 0 atom stereocenters. The van der Waals surface area contributed by atoms with Gasteiger partial charge in [-0.1, -0.05) is 31.5 Å². The first-order valence-corrected chi connectivity index (χ1v) is 11.2. The van der Waals surface area contributed by atoms with Gasteiger partial charge in [0.2, 0.25) is 11.8 Å². The van der Waals surface area contributed by atoms with Gasteiger partial charge in [0.25, 0.3) is 5.91 Å². The molecule has 4 rings (SSSR count). The van der Waals surface area contributed by atoms with Gasteiger partial charge in [0.05, 0.1) is 0 Å². The van der Waals surface area contributed by atoms with Crippen LogP contribution in [-0.4, -0.2) is 41.3 Å². The van der Waals surface area contributed by atoms with Crippen LogP contribution in [0.3, 0.4) is 0 Å². The third-order valence-corrected chi connectivity index (χ3v) is 5.88. The quantitative estimate of drug-likeness (QED) is 0.566. The highest BCUT2D eigenvalue weighted by atomic mass is 16.3. The van der Waals surface area contributed by atoms with Crippen molar-refractivity contribution in [3.63, 3.8) is 0 Å². The minimum Gasteiger partial charge on any atom is -0.436 e. The number of fused-ring (bicyclic) bond motifs is 1. The molecule has 1 aromatic heterocycles. The lowest BCUT2D eigenvalue weighted by Crippen LogP contribution is -2.39. The summed E-state index contributed by atoms with van der Waals surface area (Å²) in [5, 5.41) is 2.99. The molecule has 0 saturated carbocycles. The third-order valence-electron chi connectivity index (χ3n) is 5.88. The minimum atomic E-state index is 0.0111. The maximum Gasteiger partial charge on any atom is 0.253 e. The largest absolute Gasteiger partial charge is 0.436 e.